The Labute approximate surface area is 96.4 Å². The highest BCUT2D eigenvalue weighted by atomic mass is 35.5. The van der Waals surface area contributed by atoms with E-state index in [0.29, 0.717) is 19.8 Å². The van der Waals surface area contributed by atoms with Crippen LogP contribution in [0.25, 0.3) is 0 Å². The summed E-state index contributed by atoms with van der Waals surface area (Å²) in [6, 6.07) is 0. The van der Waals surface area contributed by atoms with Gasteiger partial charge in [0.25, 0.3) is 0 Å². The summed E-state index contributed by atoms with van der Waals surface area (Å²) in [6.07, 6.45) is 5.54. The average molecular weight is 235 g/mol. The second kappa shape index (κ2) is 11.5. The van der Waals surface area contributed by atoms with Gasteiger partial charge in [-0.1, -0.05) is 19.4 Å². The summed E-state index contributed by atoms with van der Waals surface area (Å²) in [7, 11) is 0. The van der Waals surface area contributed by atoms with Crippen LogP contribution in [0, 0.1) is 0 Å². The van der Waals surface area contributed by atoms with Crippen LogP contribution >= 0.6 is 11.6 Å². The van der Waals surface area contributed by atoms with E-state index < -0.39 is 5.97 Å². The fourth-order valence-corrected chi connectivity index (χ4v) is 1.20. The third kappa shape index (κ3) is 11.4. The van der Waals surface area contributed by atoms with E-state index in [2.05, 4.69) is 6.58 Å². The van der Waals surface area contributed by atoms with E-state index in [1.165, 1.54) is 0 Å². The van der Waals surface area contributed by atoms with Crippen LogP contribution in [0.3, 0.4) is 0 Å². The Morgan fingerprint density at radius 3 is 2.53 bits per heavy atom. The molecule has 0 aromatic carbocycles. The van der Waals surface area contributed by atoms with Crippen molar-refractivity contribution in [1.29, 1.82) is 0 Å². The van der Waals surface area contributed by atoms with Crippen LogP contribution in [-0.4, -0.2) is 31.7 Å². The number of esters is 1. The van der Waals surface area contributed by atoms with Gasteiger partial charge in [0, 0.05) is 18.6 Å². The quantitative estimate of drug-likeness (QED) is 0.252. The van der Waals surface area contributed by atoms with E-state index >= 15 is 0 Å². The van der Waals surface area contributed by atoms with E-state index in [-0.39, 0.29) is 0 Å². The molecule has 0 atom stereocenters. The Bertz CT molecular complexity index is 171. The molecule has 0 aliphatic carbocycles. The van der Waals surface area contributed by atoms with Gasteiger partial charge >= 0.3 is 5.97 Å². The van der Waals surface area contributed by atoms with E-state index in [1.54, 1.807) is 0 Å². The molecular weight excluding hydrogens is 216 g/mol. The zero-order valence-corrected chi connectivity index (χ0v) is 9.80. The van der Waals surface area contributed by atoms with Gasteiger partial charge in [-0.15, -0.1) is 11.6 Å². The van der Waals surface area contributed by atoms with Crippen molar-refractivity contribution in [3.63, 3.8) is 0 Å². The maximum absolute atomic E-state index is 10.6. The van der Waals surface area contributed by atoms with Crippen LogP contribution in [0.2, 0.25) is 0 Å². The average Bonchev–Trinajstić information content (AvgIpc) is 2.26. The largest absolute Gasteiger partial charge is 0.460 e. The minimum atomic E-state index is -0.402. The molecule has 0 aromatic rings. The molecule has 0 aliphatic rings. The number of hydrogen-bond acceptors (Lipinski definition) is 3. The first-order chi connectivity index (χ1) is 7.31. The molecular formula is C11H19ClO3. The molecule has 0 aliphatic heterocycles. The smallest absolute Gasteiger partial charge is 0.330 e. The Hall–Kier alpha value is -0.540. The van der Waals surface area contributed by atoms with Crippen LogP contribution in [0.1, 0.15) is 25.7 Å². The molecule has 0 spiro atoms. The van der Waals surface area contributed by atoms with Crippen molar-refractivity contribution in [1.82, 2.24) is 0 Å². The van der Waals surface area contributed by atoms with Crippen molar-refractivity contribution < 1.29 is 14.3 Å². The Morgan fingerprint density at radius 2 is 1.87 bits per heavy atom. The molecule has 0 N–H and O–H groups in total. The van der Waals surface area contributed by atoms with E-state index in [1.807, 2.05) is 0 Å². The topological polar surface area (TPSA) is 35.5 Å². The lowest BCUT2D eigenvalue weighted by molar-refractivity contribution is -0.139. The summed E-state index contributed by atoms with van der Waals surface area (Å²) in [4.78, 5) is 10.6. The fraction of sp³-hybridized carbons (Fsp3) is 0.727. The fourth-order valence-electron chi connectivity index (χ4n) is 1.01. The van der Waals surface area contributed by atoms with E-state index in [4.69, 9.17) is 21.1 Å². The Balaban J connectivity index is 2.98. The third-order valence-corrected chi connectivity index (χ3v) is 2.08. The van der Waals surface area contributed by atoms with Crippen molar-refractivity contribution in [2.45, 2.75) is 25.7 Å². The first kappa shape index (κ1) is 14.5. The predicted octanol–water partition coefficient (Wildman–Crippen LogP) is 2.53. The molecule has 0 fully saturated rings. The highest BCUT2D eigenvalue weighted by molar-refractivity contribution is 6.17. The molecule has 0 heterocycles. The van der Waals surface area contributed by atoms with Crippen molar-refractivity contribution in [2.24, 2.45) is 0 Å². The zero-order valence-electron chi connectivity index (χ0n) is 9.04. The lowest BCUT2D eigenvalue weighted by atomic mass is 10.2. The first-order valence-corrected chi connectivity index (χ1v) is 5.77. The zero-order chi connectivity index (χ0) is 11.4. The van der Waals surface area contributed by atoms with Crippen molar-refractivity contribution in [3.05, 3.63) is 12.7 Å². The minimum absolute atomic E-state index is 0.298. The summed E-state index contributed by atoms with van der Waals surface area (Å²) in [5.41, 5.74) is 0. The molecule has 0 bridgehead atoms. The first-order valence-electron chi connectivity index (χ1n) is 5.24. The maximum atomic E-state index is 10.6. The van der Waals surface area contributed by atoms with Gasteiger partial charge in [-0.2, -0.15) is 0 Å². The monoisotopic (exact) mass is 234 g/mol. The van der Waals surface area contributed by atoms with Crippen LogP contribution in [0.15, 0.2) is 12.7 Å². The number of unbranched alkanes of at least 4 members (excludes halogenated alkanes) is 3. The molecule has 15 heavy (non-hydrogen) atoms. The van der Waals surface area contributed by atoms with Gasteiger partial charge in [-0.3, -0.25) is 0 Å². The molecule has 0 saturated carbocycles. The second-order valence-electron chi connectivity index (χ2n) is 3.09. The molecule has 88 valence electrons. The SMILES string of the molecule is C=CC(=O)OCCOCCCCCCCl. The van der Waals surface area contributed by atoms with Crippen LogP contribution in [-0.2, 0) is 14.3 Å². The molecule has 0 radical (unpaired) electrons. The summed E-state index contributed by atoms with van der Waals surface area (Å²) < 4.78 is 10.0. The van der Waals surface area contributed by atoms with Gasteiger partial charge in [-0.25, -0.2) is 4.79 Å². The third-order valence-electron chi connectivity index (χ3n) is 1.81. The minimum Gasteiger partial charge on any atom is -0.460 e. The number of alkyl halides is 1. The highest BCUT2D eigenvalue weighted by Crippen LogP contribution is 2.00. The molecule has 0 saturated heterocycles. The molecule has 4 heteroatoms. The van der Waals surface area contributed by atoms with Gasteiger partial charge in [0.05, 0.1) is 6.61 Å². The van der Waals surface area contributed by atoms with Gasteiger partial charge in [0.15, 0.2) is 0 Å². The summed E-state index contributed by atoms with van der Waals surface area (Å²) in [6.45, 7) is 4.76. The summed E-state index contributed by atoms with van der Waals surface area (Å²) >= 11 is 5.54. The van der Waals surface area contributed by atoms with Crippen LogP contribution < -0.4 is 0 Å². The van der Waals surface area contributed by atoms with Crippen molar-refractivity contribution in [2.75, 3.05) is 25.7 Å². The molecule has 0 aromatic heterocycles. The molecule has 3 nitrogen and oxygen atoms in total. The number of ether oxygens (including phenoxy) is 2. The number of hydrogen-bond donors (Lipinski definition) is 0. The van der Waals surface area contributed by atoms with Crippen LogP contribution in [0.5, 0.6) is 0 Å². The molecule has 0 unspecified atom stereocenters. The van der Waals surface area contributed by atoms with Gasteiger partial charge in [0.1, 0.15) is 6.61 Å². The lowest BCUT2D eigenvalue weighted by Crippen LogP contribution is -2.08. The summed E-state index contributed by atoms with van der Waals surface area (Å²) in [5, 5.41) is 0. The normalized spacial score (nSPS) is 9.93. The van der Waals surface area contributed by atoms with Gasteiger partial charge in [0.2, 0.25) is 0 Å². The highest BCUT2D eigenvalue weighted by Gasteiger charge is 1.95. The van der Waals surface area contributed by atoms with Crippen LogP contribution in [0.4, 0.5) is 0 Å². The molecule has 0 rings (SSSR count). The molecule has 0 amide bonds. The Kier molecular flexibility index (Phi) is 11.1. The van der Waals surface area contributed by atoms with Gasteiger partial charge < -0.3 is 9.47 Å². The number of carbonyl (C=O) groups is 1. The summed E-state index contributed by atoms with van der Waals surface area (Å²) in [5.74, 6) is 0.332. The van der Waals surface area contributed by atoms with Crippen molar-refractivity contribution >= 4 is 17.6 Å². The predicted molar refractivity (Wildman–Crippen MR) is 61.2 cm³/mol. The van der Waals surface area contributed by atoms with E-state index in [0.717, 1.165) is 37.6 Å². The Morgan fingerprint density at radius 1 is 1.13 bits per heavy atom. The van der Waals surface area contributed by atoms with E-state index in [9.17, 15) is 4.79 Å². The van der Waals surface area contributed by atoms with Crippen molar-refractivity contribution in [3.8, 4) is 0 Å². The standard InChI is InChI=1S/C11H19ClO3/c1-2-11(13)15-10-9-14-8-6-4-3-5-7-12/h2H,1,3-10H2. The number of halogens is 1. The number of rotatable bonds is 10. The van der Waals surface area contributed by atoms with Gasteiger partial charge in [-0.05, 0) is 12.8 Å². The number of carbonyl (C=O) groups excluding carboxylic acids is 1. The lowest BCUT2D eigenvalue weighted by Gasteiger charge is -2.04. The maximum Gasteiger partial charge on any atom is 0.330 e. The second-order valence-corrected chi connectivity index (χ2v) is 3.47.